The molecular formula is C23H17FN2O. The number of hydrogen-bond donors (Lipinski definition) is 1. The first-order valence-electron chi connectivity index (χ1n) is 8.65. The Hall–Kier alpha value is -3.53. The first kappa shape index (κ1) is 16.9. The van der Waals surface area contributed by atoms with E-state index in [4.69, 9.17) is 0 Å². The minimum absolute atomic E-state index is 0.267. The van der Waals surface area contributed by atoms with Crippen molar-refractivity contribution in [3.8, 4) is 11.1 Å². The normalized spacial score (nSPS) is 10.7. The number of benzene rings is 3. The van der Waals surface area contributed by atoms with Gasteiger partial charge in [0.25, 0.3) is 5.91 Å². The smallest absolute Gasteiger partial charge is 0.258 e. The van der Waals surface area contributed by atoms with Crippen LogP contribution in [-0.2, 0) is 0 Å². The molecule has 0 saturated carbocycles. The zero-order valence-corrected chi connectivity index (χ0v) is 14.7. The molecule has 0 saturated heterocycles. The van der Waals surface area contributed by atoms with Crippen LogP contribution in [0.5, 0.6) is 0 Å². The van der Waals surface area contributed by atoms with Crippen LogP contribution < -0.4 is 5.32 Å². The van der Waals surface area contributed by atoms with Gasteiger partial charge in [-0.15, -0.1) is 0 Å². The molecule has 0 fully saturated rings. The van der Waals surface area contributed by atoms with Gasteiger partial charge >= 0.3 is 0 Å². The Labute approximate surface area is 156 Å². The molecule has 3 aromatic carbocycles. The highest BCUT2D eigenvalue weighted by Crippen LogP contribution is 2.33. The molecular weight excluding hydrogens is 339 g/mol. The highest BCUT2D eigenvalue weighted by atomic mass is 19.1. The number of nitrogens with zero attached hydrogens (tertiary/aromatic N) is 1. The Morgan fingerprint density at radius 3 is 2.30 bits per heavy atom. The van der Waals surface area contributed by atoms with Gasteiger partial charge in [-0.25, -0.2) is 4.39 Å². The standard InChI is InChI=1S/C23H17FN2O/c1-15-21(23(27)26-18-13-11-17(24)12-14-18)22(16-7-3-2-4-8-16)19-9-5-6-10-20(19)25-15/h2-14H,1H3,(H,26,27). The van der Waals surface area contributed by atoms with Crippen molar-refractivity contribution in [2.24, 2.45) is 0 Å². The summed E-state index contributed by atoms with van der Waals surface area (Å²) in [5.74, 6) is -0.613. The van der Waals surface area contributed by atoms with Crippen molar-refractivity contribution in [3.63, 3.8) is 0 Å². The van der Waals surface area contributed by atoms with Crippen LogP contribution >= 0.6 is 0 Å². The van der Waals surface area contributed by atoms with Gasteiger partial charge in [0.05, 0.1) is 16.8 Å². The first-order chi connectivity index (χ1) is 13.1. The number of halogens is 1. The zero-order valence-electron chi connectivity index (χ0n) is 14.7. The van der Waals surface area contributed by atoms with E-state index in [-0.39, 0.29) is 11.7 Å². The third-order valence-corrected chi connectivity index (χ3v) is 4.46. The maximum absolute atomic E-state index is 13.1. The predicted molar refractivity (Wildman–Crippen MR) is 106 cm³/mol. The summed E-state index contributed by atoms with van der Waals surface area (Å²) in [5, 5.41) is 3.77. The van der Waals surface area contributed by atoms with E-state index in [1.807, 2.05) is 61.5 Å². The summed E-state index contributed by atoms with van der Waals surface area (Å²) >= 11 is 0. The van der Waals surface area contributed by atoms with Gasteiger partial charge in [-0.1, -0.05) is 48.5 Å². The molecule has 1 heterocycles. The minimum Gasteiger partial charge on any atom is -0.322 e. The van der Waals surface area contributed by atoms with Gasteiger partial charge in [-0.3, -0.25) is 9.78 Å². The molecule has 0 bridgehead atoms. The van der Waals surface area contributed by atoms with Crippen molar-refractivity contribution in [1.29, 1.82) is 0 Å². The Balaban J connectivity index is 1.90. The molecule has 4 rings (SSSR count). The van der Waals surface area contributed by atoms with Crippen LogP contribution in [0.1, 0.15) is 16.1 Å². The summed E-state index contributed by atoms with van der Waals surface area (Å²) in [5.41, 5.74) is 4.33. The van der Waals surface area contributed by atoms with E-state index in [1.165, 1.54) is 12.1 Å². The van der Waals surface area contributed by atoms with Gasteiger partial charge in [-0.2, -0.15) is 0 Å². The molecule has 27 heavy (non-hydrogen) atoms. The summed E-state index contributed by atoms with van der Waals surface area (Å²) in [4.78, 5) is 17.7. The van der Waals surface area contributed by atoms with Gasteiger partial charge in [0, 0.05) is 16.6 Å². The van der Waals surface area contributed by atoms with Crippen LogP contribution in [0.2, 0.25) is 0 Å². The van der Waals surface area contributed by atoms with E-state index in [2.05, 4.69) is 10.3 Å². The second-order valence-corrected chi connectivity index (χ2v) is 6.29. The molecule has 132 valence electrons. The van der Waals surface area contributed by atoms with Crippen molar-refractivity contribution in [3.05, 3.63) is 95.9 Å². The van der Waals surface area contributed by atoms with E-state index in [0.29, 0.717) is 16.9 Å². The lowest BCUT2D eigenvalue weighted by Crippen LogP contribution is -2.16. The monoisotopic (exact) mass is 356 g/mol. The van der Waals surface area contributed by atoms with Crippen LogP contribution in [0.15, 0.2) is 78.9 Å². The summed E-state index contributed by atoms with van der Waals surface area (Å²) in [6, 6.07) is 23.3. The fraction of sp³-hybridized carbons (Fsp3) is 0.0435. The molecule has 4 heteroatoms. The summed E-state index contributed by atoms with van der Waals surface area (Å²) in [6.07, 6.45) is 0. The molecule has 0 spiro atoms. The minimum atomic E-state index is -0.346. The third kappa shape index (κ3) is 3.29. The Bertz CT molecular complexity index is 1120. The maximum atomic E-state index is 13.1. The Morgan fingerprint density at radius 1 is 0.889 bits per heavy atom. The lowest BCUT2D eigenvalue weighted by molar-refractivity contribution is 0.102. The largest absolute Gasteiger partial charge is 0.322 e. The van der Waals surface area contributed by atoms with Crippen molar-refractivity contribution in [2.45, 2.75) is 6.92 Å². The Kier molecular flexibility index (Phi) is 4.38. The quantitative estimate of drug-likeness (QED) is 0.519. The number of amides is 1. The SMILES string of the molecule is Cc1nc2ccccc2c(-c2ccccc2)c1C(=O)Nc1ccc(F)cc1. The van der Waals surface area contributed by atoms with Gasteiger partial charge in [0.15, 0.2) is 0 Å². The van der Waals surface area contributed by atoms with Crippen LogP contribution in [0.25, 0.3) is 22.0 Å². The molecule has 1 N–H and O–H groups in total. The molecule has 1 aromatic heterocycles. The number of rotatable bonds is 3. The molecule has 3 nitrogen and oxygen atoms in total. The highest BCUT2D eigenvalue weighted by molar-refractivity contribution is 6.14. The molecule has 0 aliphatic carbocycles. The molecule has 0 unspecified atom stereocenters. The number of pyridine rings is 1. The predicted octanol–water partition coefficient (Wildman–Crippen LogP) is 5.60. The number of carbonyl (C=O) groups excluding carboxylic acids is 1. The summed E-state index contributed by atoms with van der Waals surface area (Å²) in [6.45, 7) is 1.83. The zero-order chi connectivity index (χ0) is 18.8. The van der Waals surface area contributed by atoms with Crippen LogP contribution in [0.3, 0.4) is 0 Å². The number of nitrogens with one attached hydrogen (secondary N) is 1. The summed E-state index contributed by atoms with van der Waals surface area (Å²) in [7, 11) is 0. The number of aromatic nitrogens is 1. The average molecular weight is 356 g/mol. The van der Waals surface area contributed by atoms with Crippen molar-refractivity contribution < 1.29 is 9.18 Å². The lowest BCUT2D eigenvalue weighted by atomic mass is 9.94. The molecule has 1 amide bonds. The summed E-state index contributed by atoms with van der Waals surface area (Å²) < 4.78 is 13.1. The highest BCUT2D eigenvalue weighted by Gasteiger charge is 2.20. The number of carbonyl (C=O) groups is 1. The van der Waals surface area contributed by atoms with E-state index in [1.54, 1.807) is 12.1 Å². The Morgan fingerprint density at radius 2 is 1.56 bits per heavy atom. The third-order valence-electron chi connectivity index (χ3n) is 4.46. The fourth-order valence-corrected chi connectivity index (χ4v) is 3.24. The molecule has 0 aliphatic heterocycles. The van der Waals surface area contributed by atoms with E-state index < -0.39 is 0 Å². The van der Waals surface area contributed by atoms with Crippen LogP contribution in [0.4, 0.5) is 10.1 Å². The van der Waals surface area contributed by atoms with Crippen LogP contribution in [-0.4, -0.2) is 10.9 Å². The molecule has 0 atom stereocenters. The number of hydrogen-bond acceptors (Lipinski definition) is 2. The van der Waals surface area contributed by atoms with Gasteiger partial charge in [0.1, 0.15) is 5.82 Å². The maximum Gasteiger partial charge on any atom is 0.258 e. The first-order valence-corrected chi connectivity index (χ1v) is 8.65. The fourth-order valence-electron chi connectivity index (χ4n) is 3.24. The second-order valence-electron chi connectivity index (χ2n) is 6.29. The topological polar surface area (TPSA) is 42.0 Å². The van der Waals surface area contributed by atoms with Crippen molar-refractivity contribution >= 4 is 22.5 Å². The van der Waals surface area contributed by atoms with Gasteiger partial charge in [-0.05, 0) is 42.8 Å². The molecule has 0 aliphatic rings. The van der Waals surface area contributed by atoms with Crippen LogP contribution in [0, 0.1) is 12.7 Å². The van der Waals surface area contributed by atoms with Crippen molar-refractivity contribution in [1.82, 2.24) is 4.98 Å². The molecule has 0 radical (unpaired) electrons. The number of anilines is 1. The number of para-hydroxylation sites is 1. The second kappa shape index (κ2) is 7.00. The van der Waals surface area contributed by atoms with Gasteiger partial charge in [0.2, 0.25) is 0 Å². The number of fused-ring (bicyclic) bond motifs is 1. The van der Waals surface area contributed by atoms with E-state index in [0.717, 1.165) is 22.0 Å². The lowest BCUT2D eigenvalue weighted by Gasteiger charge is -2.16. The molecule has 4 aromatic rings. The number of aryl methyl sites for hydroxylation is 1. The van der Waals surface area contributed by atoms with Crippen molar-refractivity contribution in [2.75, 3.05) is 5.32 Å². The van der Waals surface area contributed by atoms with E-state index in [9.17, 15) is 9.18 Å². The van der Waals surface area contributed by atoms with E-state index >= 15 is 0 Å². The van der Waals surface area contributed by atoms with Gasteiger partial charge < -0.3 is 5.32 Å². The average Bonchev–Trinajstić information content (AvgIpc) is 2.69.